The highest BCUT2D eigenvalue weighted by Gasteiger charge is 2.03. The second-order valence-corrected chi connectivity index (χ2v) is 2.98. The van der Waals surface area contributed by atoms with Gasteiger partial charge in [0.2, 0.25) is 0 Å². The molecule has 0 bridgehead atoms. The minimum absolute atomic E-state index is 0.600. The fourth-order valence-electron chi connectivity index (χ4n) is 1.20. The van der Waals surface area contributed by atoms with Crippen LogP contribution in [-0.4, -0.2) is 12.5 Å². The third kappa shape index (κ3) is 2.99. The average molecular weight is 204 g/mol. The van der Waals surface area contributed by atoms with Gasteiger partial charge in [0.1, 0.15) is 5.75 Å². The number of carbonyl (C=O) groups excluding carboxylic acids is 1. The summed E-state index contributed by atoms with van der Waals surface area (Å²) in [6.07, 6.45) is 0. The highest BCUT2D eigenvalue weighted by molar-refractivity contribution is 6.02. The van der Waals surface area contributed by atoms with Crippen LogP contribution in [0.3, 0.4) is 0 Å². The van der Waals surface area contributed by atoms with Gasteiger partial charge in [0, 0.05) is 5.69 Å². The van der Waals surface area contributed by atoms with Crippen molar-refractivity contribution in [2.75, 3.05) is 11.9 Å². The maximum Gasteiger partial charge on any atom is 0.326 e. The molecule has 1 amide bonds. The molecule has 1 rings (SSSR count). The van der Waals surface area contributed by atoms with Gasteiger partial charge in [-0.25, -0.2) is 0 Å². The molecule has 0 saturated carbocycles. The summed E-state index contributed by atoms with van der Waals surface area (Å²) in [7, 11) is 0. The second kappa shape index (κ2) is 5.01. The first-order valence-electron chi connectivity index (χ1n) is 4.62. The van der Waals surface area contributed by atoms with Crippen LogP contribution in [0.1, 0.15) is 12.5 Å². The molecule has 0 saturated heterocycles. The molecule has 0 atom stereocenters. The van der Waals surface area contributed by atoms with Crippen LogP contribution in [0.2, 0.25) is 0 Å². The van der Waals surface area contributed by atoms with Crippen LogP contribution < -0.4 is 10.1 Å². The SMILES string of the molecule is CCOc1ccc(NC(=O)C#N)cc1C. The van der Waals surface area contributed by atoms with Gasteiger partial charge in [-0.1, -0.05) is 0 Å². The van der Waals surface area contributed by atoms with Crippen LogP contribution in [0, 0.1) is 18.3 Å². The molecule has 0 radical (unpaired) electrons. The van der Waals surface area contributed by atoms with Crippen LogP contribution in [0.4, 0.5) is 5.69 Å². The number of nitrogens with one attached hydrogen (secondary N) is 1. The summed E-state index contributed by atoms with van der Waals surface area (Å²) in [5.41, 5.74) is 1.52. The number of hydrogen-bond donors (Lipinski definition) is 1. The number of nitriles is 1. The lowest BCUT2D eigenvalue weighted by Gasteiger charge is -2.08. The van der Waals surface area contributed by atoms with Crippen molar-refractivity contribution >= 4 is 11.6 Å². The molecule has 0 aliphatic carbocycles. The van der Waals surface area contributed by atoms with Crippen LogP contribution in [0.5, 0.6) is 5.75 Å². The molecule has 4 heteroatoms. The van der Waals surface area contributed by atoms with Crippen molar-refractivity contribution in [1.29, 1.82) is 5.26 Å². The normalized spacial score (nSPS) is 9.13. The number of aryl methyl sites for hydroxylation is 1. The Labute approximate surface area is 88.5 Å². The highest BCUT2D eigenvalue weighted by atomic mass is 16.5. The third-order valence-electron chi connectivity index (χ3n) is 1.83. The number of benzene rings is 1. The zero-order valence-electron chi connectivity index (χ0n) is 8.70. The molecular weight excluding hydrogens is 192 g/mol. The van der Waals surface area contributed by atoms with E-state index in [1.165, 1.54) is 6.07 Å². The molecule has 0 aromatic heterocycles. The van der Waals surface area contributed by atoms with E-state index in [2.05, 4.69) is 5.32 Å². The van der Waals surface area contributed by atoms with Crippen LogP contribution in [0.15, 0.2) is 18.2 Å². The predicted octanol–water partition coefficient (Wildman–Crippen LogP) is 1.86. The first-order valence-corrected chi connectivity index (χ1v) is 4.62. The molecular formula is C11H12N2O2. The van der Waals surface area contributed by atoms with E-state index in [0.717, 1.165) is 11.3 Å². The lowest BCUT2D eigenvalue weighted by Crippen LogP contribution is -2.08. The largest absolute Gasteiger partial charge is 0.494 e. The van der Waals surface area contributed by atoms with Gasteiger partial charge in [0.05, 0.1) is 6.61 Å². The first-order chi connectivity index (χ1) is 7.17. The minimum Gasteiger partial charge on any atom is -0.494 e. The molecule has 0 fully saturated rings. The molecule has 1 aromatic carbocycles. The van der Waals surface area contributed by atoms with E-state index in [-0.39, 0.29) is 0 Å². The summed E-state index contributed by atoms with van der Waals surface area (Å²) in [6.45, 7) is 4.39. The molecule has 1 N–H and O–H groups in total. The monoisotopic (exact) mass is 204 g/mol. The van der Waals surface area contributed by atoms with Crippen molar-refractivity contribution in [1.82, 2.24) is 0 Å². The summed E-state index contributed by atoms with van der Waals surface area (Å²) >= 11 is 0. The molecule has 0 heterocycles. The smallest absolute Gasteiger partial charge is 0.326 e. The molecule has 78 valence electrons. The standard InChI is InChI=1S/C11H12N2O2/c1-3-15-10-5-4-9(6-8(10)2)13-11(14)7-12/h4-6H,3H2,1-2H3,(H,13,14). The van der Waals surface area contributed by atoms with Gasteiger partial charge in [-0.2, -0.15) is 5.26 Å². The van der Waals surface area contributed by atoms with E-state index in [9.17, 15) is 4.79 Å². The Hall–Kier alpha value is -2.02. The molecule has 0 spiro atoms. The van der Waals surface area contributed by atoms with Crippen molar-refractivity contribution in [2.45, 2.75) is 13.8 Å². The van der Waals surface area contributed by atoms with E-state index in [0.29, 0.717) is 12.3 Å². The average Bonchev–Trinajstić information content (AvgIpc) is 2.22. The number of amides is 1. The number of anilines is 1. The Morgan fingerprint density at radius 2 is 2.33 bits per heavy atom. The zero-order valence-corrected chi connectivity index (χ0v) is 8.70. The Morgan fingerprint density at radius 1 is 1.60 bits per heavy atom. The van der Waals surface area contributed by atoms with E-state index in [4.69, 9.17) is 10.00 Å². The Balaban J connectivity index is 2.83. The van der Waals surface area contributed by atoms with Gasteiger partial charge in [0.15, 0.2) is 6.07 Å². The van der Waals surface area contributed by atoms with Gasteiger partial charge >= 0.3 is 5.91 Å². The summed E-state index contributed by atoms with van der Waals surface area (Å²) in [6, 6.07) is 6.73. The summed E-state index contributed by atoms with van der Waals surface area (Å²) in [5.74, 6) is 0.117. The number of nitrogens with zero attached hydrogens (tertiary/aromatic N) is 1. The van der Waals surface area contributed by atoms with Crippen molar-refractivity contribution in [3.05, 3.63) is 23.8 Å². The maximum absolute atomic E-state index is 10.8. The number of rotatable bonds is 3. The maximum atomic E-state index is 10.8. The van der Waals surface area contributed by atoms with Crippen LogP contribution >= 0.6 is 0 Å². The molecule has 0 aliphatic heterocycles. The van der Waals surface area contributed by atoms with E-state index >= 15 is 0 Å². The molecule has 0 unspecified atom stereocenters. The molecule has 1 aromatic rings. The number of ether oxygens (including phenoxy) is 1. The second-order valence-electron chi connectivity index (χ2n) is 2.98. The van der Waals surface area contributed by atoms with Crippen molar-refractivity contribution < 1.29 is 9.53 Å². The zero-order chi connectivity index (χ0) is 11.3. The number of carbonyl (C=O) groups is 1. The Kier molecular flexibility index (Phi) is 3.69. The molecule has 0 aliphatic rings. The number of hydrogen-bond acceptors (Lipinski definition) is 3. The Morgan fingerprint density at radius 3 is 2.87 bits per heavy atom. The summed E-state index contributed by atoms with van der Waals surface area (Å²) < 4.78 is 5.35. The van der Waals surface area contributed by atoms with Gasteiger partial charge in [-0.05, 0) is 37.6 Å². The third-order valence-corrected chi connectivity index (χ3v) is 1.83. The van der Waals surface area contributed by atoms with E-state index in [1.807, 2.05) is 13.8 Å². The van der Waals surface area contributed by atoms with Crippen molar-refractivity contribution in [2.24, 2.45) is 0 Å². The topological polar surface area (TPSA) is 62.1 Å². The van der Waals surface area contributed by atoms with Crippen LogP contribution in [0.25, 0.3) is 0 Å². The predicted molar refractivity (Wildman–Crippen MR) is 56.6 cm³/mol. The lowest BCUT2D eigenvalue weighted by molar-refractivity contribution is -0.111. The van der Waals surface area contributed by atoms with Crippen molar-refractivity contribution in [3.8, 4) is 11.8 Å². The lowest BCUT2D eigenvalue weighted by atomic mass is 10.2. The van der Waals surface area contributed by atoms with E-state index < -0.39 is 5.91 Å². The van der Waals surface area contributed by atoms with Gasteiger partial charge in [-0.3, -0.25) is 4.79 Å². The molecule has 15 heavy (non-hydrogen) atoms. The Bertz CT molecular complexity index is 408. The fourth-order valence-corrected chi connectivity index (χ4v) is 1.20. The quantitative estimate of drug-likeness (QED) is 0.764. The summed E-state index contributed by atoms with van der Waals surface area (Å²) in [5, 5.41) is 10.8. The van der Waals surface area contributed by atoms with E-state index in [1.54, 1.807) is 18.2 Å². The fraction of sp³-hybridized carbons (Fsp3) is 0.273. The van der Waals surface area contributed by atoms with Gasteiger partial charge < -0.3 is 10.1 Å². The van der Waals surface area contributed by atoms with Gasteiger partial charge in [0.25, 0.3) is 0 Å². The van der Waals surface area contributed by atoms with Crippen molar-refractivity contribution in [3.63, 3.8) is 0 Å². The van der Waals surface area contributed by atoms with Gasteiger partial charge in [-0.15, -0.1) is 0 Å². The molecule has 4 nitrogen and oxygen atoms in total. The highest BCUT2D eigenvalue weighted by Crippen LogP contribution is 2.21. The minimum atomic E-state index is -0.668. The van der Waals surface area contributed by atoms with Crippen LogP contribution in [-0.2, 0) is 4.79 Å². The first kappa shape index (κ1) is 11.1. The summed E-state index contributed by atoms with van der Waals surface area (Å²) in [4.78, 5) is 10.8.